The first-order valence-corrected chi connectivity index (χ1v) is 7.46. The number of nitrogens with zero attached hydrogens (tertiary/aromatic N) is 1. The van der Waals surface area contributed by atoms with Crippen LogP contribution in [0.4, 0.5) is 5.69 Å². The minimum absolute atomic E-state index is 0.0770. The number of amides is 2. The molecule has 0 atom stereocenters. The van der Waals surface area contributed by atoms with E-state index >= 15 is 0 Å². The van der Waals surface area contributed by atoms with Crippen molar-refractivity contribution in [1.29, 1.82) is 0 Å². The van der Waals surface area contributed by atoms with Crippen LogP contribution >= 0.6 is 0 Å². The van der Waals surface area contributed by atoms with Crippen molar-refractivity contribution in [2.24, 2.45) is 0 Å². The summed E-state index contributed by atoms with van der Waals surface area (Å²) in [7, 11) is 0. The van der Waals surface area contributed by atoms with Gasteiger partial charge in [0.25, 0.3) is 11.8 Å². The lowest BCUT2D eigenvalue weighted by atomic mass is 9.93. The fourth-order valence-electron chi connectivity index (χ4n) is 3.14. The summed E-state index contributed by atoms with van der Waals surface area (Å²) in [4.78, 5) is 38.2. The Labute approximate surface area is 141 Å². The van der Waals surface area contributed by atoms with Crippen molar-refractivity contribution in [2.75, 3.05) is 4.90 Å². The zero-order valence-corrected chi connectivity index (χ0v) is 12.8. The third-order valence-electron chi connectivity index (χ3n) is 4.22. The van der Waals surface area contributed by atoms with E-state index in [-0.39, 0.29) is 17.0 Å². The number of carboxylic acid groups (broad SMARTS) is 1. The highest BCUT2D eigenvalue weighted by Crippen LogP contribution is 2.35. The zero-order chi connectivity index (χ0) is 17.7. The first-order chi connectivity index (χ1) is 12.0. The van der Waals surface area contributed by atoms with Crippen molar-refractivity contribution in [3.05, 3.63) is 71.3 Å². The minimum atomic E-state index is -1.34. The topological polar surface area (TPSA) is 94.9 Å². The Morgan fingerprint density at radius 2 is 1.48 bits per heavy atom. The van der Waals surface area contributed by atoms with Crippen LogP contribution in [0.15, 0.2) is 54.6 Å². The highest BCUT2D eigenvalue weighted by Gasteiger charge is 2.35. The first kappa shape index (κ1) is 14.9. The normalized spacial score (nSPS) is 13.4. The number of hydrogen-bond acceptors (Lipinski definition) is 4. The van der Waals surface area contributed by atoms with Gasteiger partial charge in [-0.15, -0.1) is 0 Å². The number of imide groups is 1. The average molecular weight is 333 g/mol. The van der Waals surface area contributed by atoms with E-state index < -0.39 is 17.8 Å². The number of rotatable bonds is 2. The van der Waals surface area contributed by atoms with Crippen LogP contribution in [0.25, 0.3) is 10.8 Å². The second-order valence-electron chi connectivity index (χ2n) is 5.66. The number of phenolic OH excluding ortho intramolecular Hbond substituents is 1. The molecule has 3 aromatic carbocycles. The number of anilines is 1. The third kappa shape index (κ3) is 2.08. The van der Waals surface area contributed by atoms with Gasteiger partial charge in [-0.1, -0.05) is 24.3 Å². The van der Waals surface area contributed by atoms with Gasteiger partial charge in [-0.3, -0.25) is 9.59 Å². The van der Waals surface area contributed by atoms with Crippen LogP contribution in [0.1, 0.15) is 31.1 Å². The average Bonchev–Trinajstić information content (AvgIpc) is 2.60. The Bertz CT molecular complexity index is 1040. The van der Waals surface area contributed by atoms with Gasteiger partial charge in [0.2, 0.25) is 0 Å². The van der Waals surface area contributed by atoms with Crippen LogP contribution in [0.5, 0.6) is 5.75 Å². The van der Waals surface area contributed by atoms with Crippen molar-refractivity contribution >= 4 is 34.2 Å². The monoisotopic (exact) mass is 333 g/mol. The quantitative estimate of drug-likeness (QED) is 0.703. The van der Waals surface area contributed by atoms with Crippen molar-refractivity contribution in [1.82, 2.24) is 0 Å². The lowest BCUT2D eigenvalue weighted by Gasteiger charge is -2.28. The van der Waals surface area contributed by atoms with Gasteiger partial charge in [0, 0.05) is 16.5 Å². The van der Waals surface area contributed by atoms with Crippen LogP contribution in [0, 0.1) is 0 Å². The van der Waals surface area contributed by atoms with E-state index in [2.05, 4.69) is 0 Å². The van der Waals surface area contributed by atoms with E-state index in [0.717, 1.165) is 16.4 Å². The van der Waals surface area contributed by atoms with Crippen LogP contribution in [0.3, 0.4) is 0 Å². The van der Waals surface area contributed by atoms with Gasteiger partial charge in [-0.05, 0) is 35.7 Å². The SMILES string of the molecule is O=C(O)c1cc(O)ccc1N1C(=O)c2cccc3cccc(c23)C1=O. The molecule has 0 aromatic heterocycles. The second kappa shape index (κ2) is 5.17. The van der Waals surface area contributed by atoms with Gasteiger partial charge in [-0.25, -0.2) is 9.69 Å². The van der Waals surface area contributed by atoms with Crippen molar-refractivity contribution in [3.63, 3.8) is 0 Å². The summed E-state index contributed by atoms with van der Waals surface area (Å²) in [6.07, 6.45) is 0. The number of phenols is 1. The van der Waals surface area contributed by atoms with E-state index in [1.54, 1.807) is 24.3 Å². The van der Waals surface area contributed by atoms with Gasteiger partial charge in [0.15, 0.2) is 0 Å². The molecule has 1 aliphatic rings. The molecule has 0 fully saturated rings. The van der Waals surface area contributed by atoms with E-state index in [4.69, 9.17) is 0 Å². The summed E-state index contributed by atoms with van der Waals surface area (Å²) >= 11 is 0. The molecule has 25 heavy (non-hydrogen) atoms. The van der Waals surface area contributed by atoms with E-state index in [1.807, 2.05) is 12.1 Å². The van der Waals surface area contributed by atoms with Gasteiger partial charge < -0.3 is 10.2 Å². The van der Waals surface area contributed by atoms with Gasteiger partial charge in [-0.2, -0.15) is 0 Å². The standard InChI is InChI=1S/C19H11NO5/c21-11-7-8-15(14(9-11)19(24)25)20-17(22)12-5-1-3-10-4-2-6-13(16(10)12)18(20)23/h1-9,21H,(H,24,25). The summed E-state index contributed by atoms with van der Waals surface area (Å²) in [5.74, 6) is -2.80. The smallest absolute Gasteiger partial charge is 0.337 e. The number of carbonyl (C=O) groups is 3. The number of aromatic hydroxyl groups is 1. The number of carbonyl (C=O) groups excluding carboxylic acids is 2. The molecular weight excluding hydrogens is 322 g/mol. The molecule has 122 valence electrons. The summed E-state index contributed by atoms with van der Waals surface area (Å²) in [6, 6.07) is 13.8. The predicted molar refractivity (Wildman–Crippen MR) is 90.2 cm³/mol. The second-order valence-corrected chi connectivity index (χ2v) is 5.66. The molecule has 0 unspecified atom stereocenters. The molecule has 0 bridgehead atoms. The fourth-order valence-corrected chi connectivity index (χ4v) is 3.14. The maximum atomic E-state index is 12.9. The Kier molecular flexibility index (Phi) is 3.08. The van der Waals surface area contributed by atoms with E-state index in [1.165, 1.54) is 12.1 Å². The summed E-state index contributed by atoms with van der Waals surface area (Å²) in [5, 5.41) is 20.3. The van der Waals surface area contributed by atoms with Crippen molar-refractivity contribution in [2.45, 2.75) is 0 Å². The molecule has 1 heterocycles. The number of carboxylic acids is 1. The lowest BCUT2D eigenvalue weighted by molar-refractivity contribution is 0.0697. The molecule has 0 saturated heterocycles. The van der Waals surface area contributed by atoms with Crippen LogP contribution in [-0.2, 0) is 0 Å². The number of aromatic carboxylic acids is 1. The molecule has 0 radical (unpaired) electrons. The Morgan fingerprint density at radius 1 is 0.880 bits per heavy atom. The minimum Gasteiger partial charge on any atom is -0.508 e. The molecule has 0 spiro atoms. The lowest BCUT2D eigenvalue weighted by Crippen LogP contribution is -2.41. The van der Waals surface area contributed by atoms with Crippen molar-refractivity contribution in [3.8, 4) is 5.75 Å². The van der Waals surface area contributed by atoms with Gasteiger partial charge in [0.05, 0.1) is 11.3 Å². The Hall–Kier alpha value is -3.67. The molecule has 0 aliphatic carbocycles. The third-order valence-corrected chi connectivity index (χ3v) is 4.22. The molecule has 3 aromatic rings. The number of hydrogen-bond donors (Lipinski definition) is 2. The highest BCUT2D eigenvalue weighted by atomic mass is 16.4. The Morgan fingerprint density at radius 3 is 2.04 bits per heavy atom. The van der Waals surface area contributed by atoms with E-state index in [9.17, 15) is 24.6 Å². The molecule has 0 saturated carbocycles. The van der Waals surface area contributed by atoms with Gasteiger partial charge >= 0.3 is 5.97 Å². The molecule has 6 nitrogen and oxygen atoms in total. The first-order valence-electron chi connectivity index (χ1n) is 7.46. The summed E-state index contributed by atoms with van der Waals surface area (Å²) < 4.78 is 0. The Balaban J connectivity index is 2.00. The molecule has 6 heteroatoms. The zero-order valence-electron chi connectivity index (χ0n) is 12.8. The fraction of sp³-hybridized carbons (Fsp3) is 0. The van der Waals surface area contributed by atoms with Gasteiger partial charge in [0.1, 0.15) is 5.75 Å². The predicted octanol–water partition coefficient (Wildman–Crippen LogP) is 3.04. The van der Waals surface area contributed by atoms with Crippen LogP contribution < -0.4 is 4.90 Å². The van der Waals surface area contributed by atoms with E-state index in [0.29, 0.717) is 16.5 Å². The maximum Gasteiger partial charge on any atom is 0.337 e. The molecule has 2 amide bonds. The largest absolute Gasteiger partial charge is 0.508 e. The maximum absolute atomic E-state index is 12.9. The highest BCUT2D eigenvalue weighted by molar-refractivity contribution is 6.36. The summed E-state index contributed by atoms with van der Waals surface area (Å²) in [5.41, 5.74) is 0.259. The van der Waals surface area contributed by atoms with Crippen LogP contribution in [0.2, 0.25) is 0 Å². The van der Waals surface area contributed by atoms with Crippen LogP contribution in [-0.4, -0.2) is 28.0 Å². The summed E-state index contributed by atoms with van der Waals surface area (Å²) in [6.45, 7) is 0. The number of benzene rings is 3. The molecular formula is C19H11NO5. The molecule has 2 N–H and O–H groups in total. The molecule has 1 aliphatic heterocycles. The molecule has 4 rings (SSSR count). The van der Waals surface area contributed by atoms with Crippen molar-refractivity contribution < 1.29 is 24.6 Å².